The van der Waals surface area contributed by atoms with Gasteiger partial charge in [-0.25, -0.2) is 9.78 Å². The first kappa shape index (κ1) is 10.1. The van der Waals surface area contributed by atoms with Gasteiger partial charge in [0.25, 0.3) is 0 Å². The SMILES string of the molecule is CSC(C)(C(=O)O)n1ccnc1C. The van der Waals surface area contributed by atoms with E-state index in [0.29, 0.717) is 5.82 Å². The molecule has 0 saturated carbocycles. The first-order valence-corrected chi connectivity index (χ1v) is 5.04. The summed E-state index contributed by atoms with van der Waals surface area (Å²) in [5.74, 6) is -0.152. The van der Waals surface area contributed by atoms with Gasteiger partial charge < -0.3 is 9.67 Å². The second-order valence-corrected chi connectivity index (χ2v) is 4.04. The summed E-state index contributed by atoms with van der Waals surface area (Å²) < 4.78 is 1.65. The minimum Gasteiger partial charge on any atom is -0.479 e. The zero-order valence-corrected chi connectivity index (χ0v) is 8.63. The Morgan fingerprint density at radius 2 is 2.38 bits per heavy atom. The number of aromatic nitrogens is 2. The van der Waals surface area contributed by atoms with Crippen molar-refractivity contribution in [2.24, 2.45) is 0 Å². The zero-order valence-electron chi connectivity index (χ0n) is 7.81. The molecule has 1 N–H and O–H groups in total. The van der Waals surface area contributed by atoms with E-state index in [1.807, 2.05) is 0 Å². The number of carboxylic acid groups (broad SMARTS) is 1. The van der Waals surface area contributed by atoms with Crippen LogP contribution in [0.25, 0.3) is 0 Å². The lowest BCUT2D eigenvalue weighted by Gasteiger charge is -2.25. The molecule has 0 aliphatic heterocycles. The lowest BCUT2D eigenvalue weighted by molar-refractivity contribution is -0.142. The molecule has 0 aromatic carbocycles. The van der Waals surface area contributed by atoms with Crippen LogP contribution in [0.4, 0.5) is 0 Å². The molecule has 0 spiro atoms. The maximum atomic E-state index is 11.0. The molecule has 0 bridgehead atoms. The molecule has 1 aromatic rings. The quantitative estimate of drug-likeness (QED) is 0.799. The third kappa shape index (κ3) is 1.56. The fourth-order valence-electron chi connectivity index (χ4n) is 1.12. The number of aliphatic carboxylic acids is 1. The highest BCUT2D eigenvalue weighted by molar-refractivity contribution is 8.00. The Morgan fingerprint density at radius 1 is 1.77 bits per heavy atom. The van der Waals surface area contributed by atoms with Crippen molar-refractivity contribution in [1.29, 1.82) is 0 Å². The lowest BCUT2D eigenvalue weighted by atomic mass is 10.3. The molecular formula is C8H12N2O2S. The number of aryl methyl sites for hydroxylation is 1. The van der Waals surface area contributed by atoms with Crippen molar-refractivity contribution in [3.05, 3.63) is 18.2 Å². The van der Waals surface area contributed by atoms with E-state index in [9.17, 15) is 4.79 Å². The van der Waals surface area contributed by atoms with Crippen LogP contribution in [0.2, 0.25) is 0 Å². The van der Waals surface area contributed by atoms with Crippen LogP contribution in [0.3, 0.4) is 0 Å². The molecule has 13 heavy (non-hydrogen) atoms. The predicted octanol–water partition coefficient (Wildman–Crippen LogP) is 1.31. The summed E-state index contributed by atoms with van der Waals surface area (Å²) in [5.41, 5.74) is 0. The van der Waals surface area contributed by atoms with E-state index in [1.165, 1.54) is 11.8 Å². The summed E-state index contributed by atoms with van der Waals surface area (Å²) in [5, 5.41) is 9.06. The topological polar surface area (TPSA) is 55.1 Å². The molecule has 72 valence electrons. The van der Waals surface area contributed by atoms with E-state index >= 15 is 0 Å². The molecule has 5 heteroatoms. The van der Waals surface area contributed by atoms with Crippen LogP contribution < -0.4 is 0 Å². The van der Waals surface area contributed by atoms with Crippen LogP contribution >= 0.6 is 11.8 Å². The summed E-state index contributed by atoms with van der Waals surface area (Å²) in [6, 6.07) is 0. The maximum Gasteiger partial charge on any atom is 0.340 e. The Balaban J connectivity index is 3.17. The minimum absolute atomic E-state index is 0.708. The fraction of sp³-hybridized carbons (Fsp3) is 0.500. The highest BCUT2D eigenvalue weighted by Gasteiger charge is 2.34. The highest BCUT2D eigenvalue weighted by Crippen LogP contribution is 2.29. The maximum absolute atomic E-state index is 11.0. The highest BCUT2D eigenvalue weighted by atomic mass is 32.2. The molecule has 1 heterocycles. The molecule has 0 radical (unpaired) electrons. The van der Waals surface area contributed by atoms with Gasteiger partial charge in [0.05, 0.1) is 0 Å². The first-order chi connectivity index (χ1) is 6.02. The fourth-order valence-corrected chi connectivity index (χ4v) is 1.68. The largest absolute Gasteiger partial charge is 0.479 e. The number of thioether (sulfide) groups is 1. The molecular weight excluding hydrogens is 188 g/mol. The standard InChI is InChI=1S/C8H12N2O2S/c1-6-9-4-5-10(6)8(2,13-3)7(11)12/h4-5H,1-3H3,(H,11,12). The minimum atomic E-state index is -0.958. The molecule has 1 rings (SSSR count). The van der Waals surface area contributed by atoms with Crippen LogP contribution in [0, 0.1) is 6.92 Å². The third-order valence-electron chi connectivity index (χ3n) is 2.08. The van der Waals surface area contributed by atoms with E-state index in [4.69, 9.17) is 5.11 Å². The zero-order chi connectivity index (χ0) is 10.1. The van der Waals surface area contributed by atoms with Gasteiger partial charge in [-0.15, -0.1) is 11.8 Å². The summed E-state index contributed by atoms with van der Waals surface area (Å²) in [4.78, 5) is 14.1. The second-order valence-electron chi connectivity index (χ2n) is 2.84. The number of rotatable bonds is 3. The van der Waals surface area contributed by atoms with Crippen LogP contribution in [-0.4, -0.2) is 26.9 Å². The molecule has 0 aliphatic rings. The van der Waals surface area contributed by atoms with Crippen molar-refractivity contribution >= 4 is 17.7 Å². The van der Waals surface area contributed by atoms with Crippen molar-refractivity contribution in [2.75, 3.05) is 6.26 Å². The van der Waals surface area contributed by atoms with Crippen molar-refractivity contribution in [3.8, 4) is 0 Å². The molecule has 0 fully saturated rings. The van der Waals surface area contributed by atoms with Gasteiger partial charge in [-0.05, 0) is 20.1 Å². The Bertz CT molecular complexity index is 324. The van der Waals surface area contributed by atoms with Gasteiger partial charge in [0.15, 0.2) is 4.87 Å². The number of nitrogens with zero attached hydrogens (tertiary/aromatic N) is 2. The van der Waals surface area contributed by atoms with Crippen molar-refractivity contribution < 1.29 is 9.90 Å². The monoisotopic (exact) mass is 200 g/mol. The van der Waals surface area contributed by atoms with Gasteiger partial charge in [-0.1, -0.05) is 0 Å². The Hall–Kier alpha value is -0.970. The van der Waals surface area contributed by atoms with Crippen LogP contribution in [0.15, 0.2) is 12.4 Å². The number of carbonyl (C=O) groups is 1. The van der Waals surface area contributed by atoms with E-state index in [0.717, 1.165) is 0 Å². The normalized spacial score (nSPS) is 15.3. The van der Waals surface area contributed by atoms with E-state index in [2.05, 4.69) is 4.98 Å². The van der Waals surface area contributed by atoms with E-state index in [1.54, 1.807) is 37.1 Å². The number of imidazole rings is 1. The van der Waals surface area contributed by atoms with Gasteiger partial charge in [0, 0.05) is 12.4 Å². The smallest absolute Gasteiger partial charge is 0.340 e. The second kappa shape index (κ2) is 3.41. The van der Waals surface area contributed by atoms with Crippen LogP contribution in [0.1, 0.15) is 12.7 Å². The first-order valence-electron chi connectivity index (χ1n) is 3.81. The Kier molecular flexibility index (Phi) is 2.66. The summed E-state index contributed by atoms with van der Waals surface area (Å²) in [6.07, 6.45) is 5.06. The Labute approximate surface area is 81.0 Å². The average molecular weight is 200 g/mol. The molecule has 0 amide bonds. The van der Waals surface area contributed by atoms with E-state index in [-0.39, 0.29) is 0 Å². The summed E-state index contributed by atoms with van der Waals surface area (Å²) in [7, 11) is 0. The number of hydrogen-bond donors (Lipinski definition) is 1. The lowest BCUT2D eigenvalue weighted by Crippen LogP contribution is -2.35. The van der Waals surface area contributed by atoms with Crippen molar-refractivity contribution in [3.63, 3.8) is 0 Å². The van der Waals surface area contributed by atoms with Crippen molar-refractivity contribution in [1.82, 2.24) is 9.55 Å². The van der Waals surface area contributed by atoms with Gasteiger partial charge in [-0.2, -0.15) is 0 Å². The molecule has 0 saturated heterocycles. The molecule has 0 aliphatic carbocycles. The van der Waals surface area contributed by atoms with Gasteiger partial charge in [-0.3, -0.25) is 0 Å². The van der Waals surface area contributed by atoms with Crippen molar-refractivity contribution in [2.45, 2.75) is 18.7 Å². The molecule has 1 atom stereocenters. The third-order valence-corrected chi connectivity index (χ3v) is 3.25. The molecule has 1 unspecified atom stereocenters. The Morgan fingerprint density at radius 3 is 2.69 bits per heavy atom. The number of hydrogen-bond acceptors (Lipinski definition) is 3. The summed E-state index contributed by atoms with van der Waals surface area (Å²) in [6.45, 7) is 3.45. The predicted molar refractivity (Wildman–Crippen MR) is 51.8 cm³/mol. The summed E-state index contributed by atoms with van der Waals surface area (Å²) >= 11 is 1.28. The average Bonchev–Trinajstić information content (AvgIpc) is 2.50. The van der Waals surface area contributed by atoms with E-state index < -0.39 is 10.8 Å². The van der Waals surface area contributed by atoms with Crippen LogP contribution in [0.5, 0.6) is 0 Å². The van der Waals surface area contributed by atoms with Gasteiger partial charge >= 0.3 is 5.97 Å². The molecule has 1 aromatic heterocycles. The molecule has 4 nitrogen and oxygen atoms in total. The van der Waals surface area contributed by atoms with Crippen LogP contribution in [-0.2, 0) is 9.67 Å². The van der Waals surface area contributed by atoms with Gasteiger partial charge in [0.1, 0.15) is 5.82 Å². The van der Waals surface area contributed by atoms with Gasteiger partial charge in [0.2, 0.25) is 0 Å². The number of carboxylic acids is 1.